The summed E-state index contributed by atoms with van der Waals surface area (Å²) in [5.74, 6) is 0. The van der Waals surface area contributed by atoms with Crippen LogP contribution in [0.15, 0.2) is 23.4 Å². The molecule has 2 N–H and O–H groups in total. The minimum absolute atomic E-state index is 0.101. The molecule has 0 saturated heterocycles. The molecule has 1 aromatic heterocycles. The van der Waals surface area contributed by atoms with Crippen molar-refractivity contribution in [3.05, 3.63) is 18.5 Å². The number of anilines is 1. The predicted molar refractivity (Wildman–Crippen MR) is 61.2 cm³/mol. The topological polar surface area (TPSA) is 76.3 Å². The van der Waals surface area contributed by atoms with Gasteiger partial charge in [-0.05, 0) is 18.9 Å². The normalized spacial score (nSPS) is 17.4. The van der Waals surface area contributed by atoms with Crippen molar-refractivity contribution < 1.29 is 8.42 Å². The molecule has 0 aliphatic heterocycles. The Morgan fingerprint density at radius 1 is 1.50 bits per heavy atom. The van der Waals surface area contributed by atoms with Crippen molar-refractivity contribution in [3.63, 3.8) is 0 Å². The van der Waals surface area contributed by atoms with Gasteiger partial charge in [-0.3, -0.25) is 4.98 Å². The molecular formula is C10H15N3O2S. The van der Waals surface area contributed by atoms with Gasteiger partial charge in [0.1, 0.15) is 4.90 Å². The van der Waals surface area contributed by atoms with Gasteiger partial charge in [0.25, 0.3) is 0 Å². The first-order chi connectivity index (χ1) is 7.53. The van der Waals surface area contributed by atoms with Crippen LogP contribution < -0.4 is 5.73 Å². The molecule has 2 rings (SSSR count). The van der Waals surface area contributed by atoms with Gasteiger partial charge in [0.15, 0.2) is 0 Å². The highest BCUT2D eigenvalue weighted by molar-refractivity contribution is 7.89. The number of pyridine rings is 1. The zero-order chi connectivity index (χ0) is 11.8. The van der Waals surface area contributed by atoms with E-state index in [0.29, 0.717) is 0 Å². The van der Waals surface area contributed by atoms with Crippen molar-refractivity contribution >= 4 is 15.7 Å². The van der Waals surface area contributed by atoms with Crippen LogP contribution in [-0.2, 0) is 10.0 Å². The Bertz CT molecular complexity index is 483. The van der Waals surface area contributed by atoms with E-state index in [2.05, 4.69) is 4.98 Å². The second-order valence-electron chi connectivity index (χ2n) is 4.02. The minimum Gasteiger partial charge on any atom is -0.398 e. The second kappa shape index (κ2) is 4.03. The van der Waals surface area contributed by atoms with Crippen LogP contribution in [0, 0.1) is 0 Å². The highest BCUT2D eigenvalue weighted by atomic mass is 32.2. The zero-order valence-electron chi connectivity index (χ0n) is 9.13. The molecule has 0 aromatic carbocycles. The molecule has 16 heavy (non-hydrogen) atoms. The van der Waals surface area contributed by atoms with Gasteiger partial charge in [0, 0.05) is 25.5 Å². The Morgan fingerprint density at radius 2 is 2.19 bits per heavy atom. The van der Waals surface area contributed by atoms with E-state index in [4.69, 9.17) is 5.73 Å². The molecule has 0 amide bonds. The first-order valence-electron chi connectivity index (χ1n) is 5.21. The Hall–Kier alpha value is -1.14. The van der Waals surface area contributed by atoms with E-state index >= 15 is 0 Å². The molecule has 0 unspecified atom stereocenters. The molecule has 6 heteroatoms. The second-order valence-corrected chi connectivity index (χ2v) is 5.99. The van der Waals surface area contributed by atoms with E-state index in [0.717, 1.165) is 19.3 Å². The van der Waals surface area contributed by atoms with E-state index in [1.165, 1.54) is 22.8 Å². The number of rotatable bonds is 3. The van der Waals surface area contributed by atoms with Crippen molar-refractivity contribution in [2.45, 2.75) is 30.2 Å². The van der Waals surface area contributed by atoms with Crippen LogP contribution in [0.5, 0.6) is 0 Å². The van der Waals surface area contributed by atoms with Crippen LogP contribution in [0.2, 0.25) is 0 Å². The third-order valence-corrected chi connectivity index (χ3v) is 5.02. The lowest BCUT2D eigenvalue weighted by Crippen LogP contribution is -2.41. The summed E-state index contributed by atoms with van der Waals surface area (Å²) in [7, 11) is -1.88. The molecule has 1 aliphatic rings. The van der Waals surface area contributed by atoms with Crippen molar-refractivity contribution in [1.29, 1.82) is 0 Å². The smallest absolute Gasteiger partial charge is 0.246 e. The average molecular weight is 241 g/mol. The molecular weight excluding hydrogens is 226 g/mol. The molecule has 0 spiro atoms. The maximum absolute atomic E-state index is 12.2. The van der Waals surface area contributed by atoms with Gasteiger partial charge >= 0.3 is 0 Å². The molecule has 1 aliphatic carbocycles. The molecule has 1 saturated carbocycles. The monoisotopic (exact) mass is 241 g/mol. The zero-order valence-corrected chi connectivity index (χ0v) is 9.94. The molecule has 88 valence electrons. The number of nitrogens with zero attached hydrogens (tertiary/aromatic N) is 2. The number of nitrogens with two attached hydrogens (primary N) is 1. The van der Waals surface area contributed by atoms with Gasteiger partial charge in [-0.2, -0.15) is 4.31 Å². The Labute approximate surface area is 95.3 Å². The van der Waals surface area contributed by atoms with E-state index in [-0.39, 0.29) is 16.6 Å². The first kappa shape index (κ1) is 11.3. The van der Waals surface area contributed by atoms with E-state index < -0.39 is 10.0 Å². The fourth-order valence-electron chi connectivity index (χ4n) is 1.71. The van der Waals surface area contributed by atoms with Gasteiger partial charge in [-0.1, -0.05) is 6.42 Å². The highest BCUT2D eigenvalue weighted by Crippen LogP contribution is 2.29. The summed E-state index contributed by atoms with van der Waals surface area (Å²) in [4.78, 5) is 3.91. The third-order valence-electron chi connectivity index (χ3n) is 3.06. The van der Waals surface area contributed by atoms with Gasteiger partial charge < -0.3 is 5.73 Å². The fraction of sp³-hybridized carbons (Fsp3) is 0.500. The molecule has 5 nitrogen and oxygen atoms in total. The Kier molecular flexibility index (Phi) is 2.86. The minimum atomic E-state index is -3.48. The summed E-state index contributed by atoms with van der Waals surface area (Å²) in [6, 6.07) is 1.62. The molecule has 0 radical (unpaired) electrons. The van der Waals surface area contributed by atoms with Crippen molar-refractivity contribution in [2.24, 2.45) is 0 Å². The SMILES string of the molecule is CN(C1CCC1)S(=O)(=O)c1cnccc1N. The Morgan fingerprint density at radius 3 is 2.69 bits per heavy atom. The standard InChI is InChI=1S/C10H15N3O2S/c1-13(8-3-2-4-8)16(14,15)10-7-12-6-5-9(10)11/h5-8H,2-4H2,1H3,(H2,11,12). The van der Waals surface area contributed by atoms with Crippen LogP contribution >= 0.6 is 0 Å². The average Bonchev–Trinajstić information content (AvgIpc) is 2.15. The van der Waals surface area contributed by atoms with Crippen LogP contribution in [0.1, 0.15) is 19.3 Å². The van der Waals surface area contributed by atoms with Crippen LogP contribution in [0.25, 0.3) is 0 Å². The van der Waals surface area contributed by atoms with Crippen LogP contribution in [0.4, 0.5) is 5.69 Å². The van der Waals surface area contributed by atoms with Crippen LogP contribution in [0.3, 0.4) is 0 Å². The number of nitrogen functional groups attached to an aromatic ring is 1. The number of hydrogen-bond acceptors (Lipinski definition) is 4. The molecule has 0 bridgehead atoms. The van der Waals surface area contributed by atoms with Gasteiger partial charge in [0.05, 0.1) is 5.69 Å². The van der Waals surface area contributed by atoms with E-state index in [1.54, 1.807) is 7.05 Å². The summed E-state index contributed by atoms with van der Waals surface area (Å²) in [5.41, 5.74) is 5.91. The quantitative estimate of drug-likeness (QED) is 0.850. The van der Waals surface area contributed by atoms with Crippen molar-refractivity contribution in [1.82, 2.24) is 9.29 Å². The molecule has 0 atom stereocenters. The highest BCUT2D eigenvalue weighted by Gasteiger charge is 2.32. The van der Waals surface area contributed by atoms with E-state index in [9.17, 15) is 8.42 Å². The Balaban J connectivity index is 2.35. The summed E-state index contributed by atoms with van der Waals surface area (Å²) >= 11 is 0. The van der Waals surface area contributed by atoms with Gasteiger partial charge in [0.2, 0.25) is 10.0 Å². The van der Waals surface area contributed by atoms with Crippen LogP contribution in [-0.4, -0.2) is 30.8 Å². The summed E-state index contributed by atoms with van der Waals surface area (Å²) in [6.07, 6.45) is 5.73. The number of sulfonamides is 1. The first-order valence-corrected chi connectivity index (χ1v) is 6.65. The predicted octanol–water partition coefficient (Wildman–Crippen LogP) is 0.837. The van der Waals surface area contributed by atoms with Gasteiger partial charge in [-0.25, -0.2) is 8.42 Å². The third kappa shape index (κ3) is 1.78. The van der Waals surface area contributed by atoms with Gasteiger partial charge in [-0.15, -0.1) is 0 Å². The number of hydrogen-bond donors (Lipinski definition) is 1. The molecule has 1 fully saturated rings. The lowest BCUT2D eigenvalue weighted by Gasteiger charge is -2.33. The number of aromatic nitrogens is 1. The lowest BCUT2D eigenvalue weighted by atomic mass is 9.94. The largest absolute Gasteiger partial charge is 0.398 e. The maximum atomic E-state index is 12.2. The summed E-state index contributed by atoms with van der Waals surface area (Å²) in [5, 5.41) is 0. The van der Waals surface area contributed by atoms with E-state index in [1.807, 2.05) is 0 Å². The van der Waals surface area contributed by atoms with Crippen molar-refractivity contribution in [2.75, 3.05) is 12.8 Å². The van der Waals surface area contributed by atoms with Crippen molar-refractivity contribution in [3.8, 4) is 0 Å². The maximum Gasteiger partial charge on any atom is 0.246 e. The summed E-state index contributed by atoms with van der Waals surface area (Å²) < 4.78 is 25.8. The molecule has 1 heterocycles. The lowest BCUT2D eigenvalue weighted by molar-refractivity contribution is 0.249. The molecule has 1 aromatic rings. The summed E-state index contributed by atoms with van der Waals surface area (Å²) in [6.45, 7) is 0. The fourth-order valence-corrected chi connectivity index (χ4v) is 3.18.